The monoisotopic (exact) mass is 456 g/mol. The Morgan fingerprint density at radius 3 is 1.76 bits per heavy atom. The Balaban J connectivity index is 1.63. The summed E-state index contributed by atoms with van der Waals surface area (Å²) in [6, 6.07) is 32.3. The van der Waals surface area contributed by atoms with E-state index in [2.05, 4.69) is 10.0 Å². The Morgan fingerprint density at radius 1 is 0.697 bits per heavy atom. The van der Waals surface area contributed by atoms with Crippen LogP contribution in [-0.4, -0.2) is 14.3 Å². The fourth-order valence-corrected chi connectivity index (χ4v) is 4.80. The molecule has 0 aromatic heterocycles. The molecule has 0 atom stereocenters. The van der Waals surface area contributed by atoms with E-state index < -0.39 is 10.0 Å². The smallest absolute Gasteiger partial charge is 0.261 e. The van der Waals surface area contributed by atoms with Gasteiger partial charge in [0.1, 0.15) is 0 Å². The van der Waals surface area contributed by atoms with Crippen molar-refractivity contribution in [1.29, 1.82) is 0 Å². The number of amides is 1. The maximum absolute atomic E-state index is 13.3. The molecule has 6 heteroatoms. The largest absolute Gasteiger partial charge is 0.341 e. The molecule has 0 unspecified atom stereocenters. The molecule has 2 N–H and O–H groups in total. The van der Waals surface area contributed by atoms with Crippen molar-refractivity contribution in [3.63, 3.8) is 0 Å². The molecule has 0 spiro atoms. The maximum atomic E-state index is 13.3. The molecule has 0 saturated carbocycles. The van der Waals surface area contributed by atoms with Gasteiger partial charge in [0.2, 0.25) is 0 Å². The van der Waals surface area contributed by atoms with Crippen LogP contribution in [0.25, 0.3) is 0 Å². The van der Waals surface area contributed by atoms with Crippen LogP contribution in [-0.2, 0) is 10.0 Å². The van der Waals surface area contributed by atoms with Crippen molar-refractivity contribution in [1.82, 2.24) is 5.32 Å². The van der Waals surface area contributed by atoms with Gasteiger partial charge in [-0.2, -0.15) is 0 Å². The number of rotatable bonds is 7. The van der Waals surface area contributed by atoms with E-state index in [-0.39, 0.29) is 16.8 Å². The van der Waals surface area contributed by atoms with Crippen molar-refractivity contribution in [2.75, 3.05) is 4.72 Å². The van der Waals surface area contributed by atoms with Crippen LogP contribution in [0.2, 0.25) is 0 Å². The van der Waals surface area contributed by atoms with Crippen molar-refractivity contribution in [3.05, 3.63) is 131 Å². The highest BCUT2D eigenvalue weighted by atomic mass is 32.2. The van der Waals surface area contributed by atoms with E-state index in [9.17, 15) is 13.2 Å². The van der Waals surface area contributed by atoms with Gasteiger partial charge in [-0.3, -0.25) is 9.52 Å². The first-order valence-corrected chi connectivity index (χ1v) is 12.0. The Morgan fingerprint density at radius 2 is 1.21 bits per heavy atom. The van der Waals surface area contributed by atoms with Crippen LogP contribution >= 0.6 is 0 Å². The van der Waals surface area contributed by atoms with Crippen LogP contribution in [0.1, 0.15) is 33.1 Å². The average molecular weight is 457 g/mol. The van der Waals surface area contributed by atoms with Crippen LogP contribution < -0.4 is 10.0 Å². The first-order valence-electron chi connectivity index (χ1n) is 10.5. The molecule has 4 aromatic rings. The minimum absolute atomic E-state index is 0.160. The minimum atomic E-state index is -3.77. The zero-order chi connectivity index (χ0) is 23.3. The summed E-state index contributed by atoms with van der Waals surface area (Å²) >= 11 is 0. The Kier molecular flexibility index (Phi) is 6.56. The summed E-state index contributed by atoms with van der Waals surface area (Å²) in [6.45, 7) is 1.73. The Labute approximate surface area is 194 Å². The minimum Gasteiger partial charge on any atom is -0.341 e. The lowest BCUT2D eigenvalue weighted by Gasteiger charge is -2.21. The molecule has 0 fully saturated rings. The maximum Gasteiger partial charge on any atom is 0.261 e. The van der Waals surface area contributed by atoms with E-state index in [0.717, 1.165) is 11.1 Å². The quantitative estimate of drug-likeness (QED) is 0.395. The van der Waals surface area contributed by atoms with Gasteiger partial charge in [0.25, 0.3) is 15.9 Å². The van der Waals surface area contributed by atoms with Gasteiger partial charge in [0.05, 0.1) is 16.6 Å². The standard InChI is InChI=1S/C27H24N2O3S/c1-20-24(18-11-19-25(20)29-33(31,32)23-16-9-4-10-17-23)27(30)28-26(21-12-5-2-6-13-21)22-14-7-3-8-15-22/h2-19,26,29H,1H3,(H,28,30). The van der Waals surface area contributed by atoms with Crippen molar-refractivity contribution < 1.29 is 13.2 Å². The van der Waals surface area contributed by atoms with Crippen molar-refractivity contribution in [2.24, 2.45) is 0 Å². The van der Waals surface area contributed by atoms with Gasteiger partial charge in [-0.05, 0) is 47.9 Å². The molecule has 4 rings (SSSR count). The second-order valence-electron chi connectivity index (χ2n) is 7.62. The highest BCUT2D eigenvalue weighted by molar-refractivity contribution is 7.92. The predicted octanol–water partition coefficient (Wildman–Crippen LogP) is 5.32. The van der Waals surface area contributed by atoms with Crippen molar-refractivity contribution in [3.8, 4) is 0 Å². The van der Waals surface area contributed by atoms with E-state index >= 15 is 0 Å². The lowest BCUT2D eigenvalue weighted by molar-refractivity contribution is 0.0942. The van der Waals surface area contributed by atoms with Crippen molar-refractivity contribution >= 4 is 21.6 Å². The topological polar surface area (TPSA) is 75.3 Å². The highest BCUT2D eigenvalue weighted by Crippen LogP contribution is 2.26. The molecule has 0 radical (unpaired) electrons. The first-order chi connectivity index (χ1) is 16.0. The number of benzene rings is 4. The lowest BCUT2D eigenvalue weighted by Crippen LogP contribution is -2.30. The van der Waals surface area contributed by atoms with E-state index in [1.54, 1.807) is 43.3 Å². The summed E-state index contributed by atoms with van der Waals surface area (Å²) in [5.41, 5.74) is 3.23. The zero-order valence-corrected chi connectivity index (χ0v) is 18.9. The third kappa shape index (κ3) is 5.13. The van der Waals surface area contributed by atoms with E-state index in [1.807, 2.05) is 60.7 Å². The van der Waals surface area contributed by atoms with Crippen LogP contribution in [0.3, 0.4) is 0 Å². The SMILES string of the molecule is Cc1c(NS(=O)(=O)c2ccccc2)cccc1C(=O)NC(c1ccccc1)c1ccccc1. The van der Waals surface area contributed by atoms with Crippen LogP contribution in [0.4, 0.5) is 5.69 Å². The molecule has 0 aliphatic rings. The fraction of sp³-hybridized carbons (Fsp3) is 0.0741. The normalized spacial score (nSPS) is 11.2. The molecule has 1 amide bonds. The molecule has 4 aromatic carbocycles. The van der Waals surface area contributed by atoms with Gasteiger partial charge < -0.3 is 5.32 Å². The Bertz CT molecular complexity index is 1300. The molecule has 0 heterocycles. The fourth-order valence-electron chi connectivity index (χ4n) is 3.65. The average Bonchev–Trinajstić information content (AvgIpc) is 2.85. The molecule has 0 bridgehead atoms. The number of sulfonamides is 1. The third-order valence-electron chi connectivity index (χ3n) is 5.42. The predicted molar refractivity (Wildman–Crippen MR) is 131 cm³/mol. The summed E-state index contributed by atoms with van der Waals surface area (Å²) in [6.07, 6.45) is 0. The molecule has 166 valence electrons. The van der Waals surface area contributed by atoms with Gasteiger partial charge >= 0.3 is 0 Å². The second-order valence-corrected chi connectivity index (χ2v) is 9.31. The number of hydrogen-bond acceptors (Lipinski definition) is 3. The van der Waals surface area contributed by atoms with Gasteiger partial charge in [-0.25, -0.2) is 8.42 Å². The van der Waals surface area contributed by atoms with Gasteiger partial charge in [-0.1, -0.05) is 84.9 Å². The summed E-state index contributed by atoms with van der Waals surface area (Å²) < 4.78 is 28.1. The zero-order valence-electron chi connectivity index (χ0n) is 18.1. The summed E-state index contributed by atoms with van der Waals surface area (Å²) in [5, 5.41) is 3.11. The summed E-state index contributed by atoms with van der Waals surface area (Å²) in [5.74, 6) is -0.286. The van der Waals surface area contributed by atoms with Crippen LogP contribution in [0, 0.1) is 6.92 Å². The first kappa shape index (κ1) is 22.3. The number of carbonyl (C=O) groups excluding carboxylic acids is 1. The summed E-state index contributed by atoms with van der Waals surface area (Å²) in [7, 11) is -3.77. The molecule has 0 aliphatic heterocycles. The number of carbonyl (C=O) groups is 1. The van der Waals surface area contributed by atoms with E-state index in [4.69, 9.17) is 0 Å². The molecular weight excluding hydrogens is 432 g/mol. The van der Waals surface area contributed by atoms with Crippen LogP contribution in [0.5, 0.6) is 0 Å². The number of anilines is 1. The number of nitrogens with one attached hydrogen (secondary N) is 2. The summed E-state index contributed by atoms with van der Waals surface area (Å²) in [4.78, 5) is 13.5. The molecule has 33 heavy (non-hydrogen) atoms. The van der Waals surface area contributed by atoms with E-state index in [0.29, 0.717) is 16.8 Å². The second kappa shape index (κ2) is 9.71. The molecule has 5 nitrogen and oxygen atoms in total. The molecule has 0 saturated heterocycles. The Hall–Kier alpha value is -3.90. The van der Waals surface area contributed by atoms with Crippen LogP contribution in [0.15, 0.2) is 114 Å². The highest BCUT2D eigenvalue weighted by Gasteiger charge is 2.21. The molecular formula is C27H24N2O3S. The van der Waals surface area contributed by atoms with Gasteiger partial charge in [-0.15, -0.1) is 0 Å². The third-order valence-corrected chi connectivity index (χ3v) is 6.80. The van der Waals surface area contributed by atoms with E-state index in [1.165, 1.54) is 12.1 Å². The molecule has 0 aliphatic carbocycles. The van der Waals surface area contributed by atoms with Crippen molar-refractivity contribution in [2.45, 2.75) is 17.9 Å². The lowest BCUT2D eigenvalue weighted by atomic mass is 9.97. The van der Waals surface area contributed by atoms with Gasteiger partial charge in [0.15, 0.2) is 0 Å². The number of hydrogen-bond donors (Lipinski definition) is 2. The van der Waals surface area contributed by atoms with Gasteiger partial charge in [0, 0.05) is 5.56 Å².